The predicted octanol–water partition coefficient (Wildman–Crippen LogP) is 2.78. The van der Waals surface area contributed by atoms with E-state index in [1.54, 1.807) is 24.3 Å². The molecule has 25 heavy (non-hydrogen) atoms. The zero-order valence-electron chi connectivity index (χ0n) is 13.7. The second-order valence-corrected chi connectivity index (χ2v) is 5.24. The number of carbonyl (C=O) groups is 2. The lowest BCUT2D eigenvalue weighted by Crippen LogP contribution is -2.24. The summed E-state index contributed by atoms with van der Waals surface area (Å²) >= 11 is 0. The molecular weight excluding hydrogens is 316 g/mol. The molecule has 0 saturated heterocycles. The highest BCUT2D eigenvalue weighted by Gasteiger charge is 2.08. The molecule has 2 rings (SSSR count). The number of nitrogens with zero attached hydrogens (tertiary/aromatic N) is 1. The number of carbonyl (C=O) groups excluding carboxylic acids is 2. The minimum absolute atomic E-state index is 0.0409. The quantitative estimate of drug-likeness (QED) is 0.559. The van der Waals surface area contributed by atoms with E-state index in [9.17, 15) is 9.59 Å². The number of hydrogen-bond acceptors (Lipinski definition) is 4. The fourth-order valence-corrected chi connectivity index (χ4v) is 2.07. The minimum atomic E-state index is -0.461. The lowest BCUT2D eigenvalue weighted by atomic mass is 10.2. The van der Waals surface area contributed by atoms with Crippen LogP contribution in [0.1, 0.15) is 12.5 Å². The summed E-state index contributed by atoms with van der Waals surface area (Å²) in [5.41, 5.74) is 2.18. The molecule has 2 aromatic rings. The van der Waals surface area contributed by atoms with E-state index >= 15 is 0 Å². The van der Waals surface area contributed by atoms with Crippen molar-refractivity contribution in [1.29, 1.82) is 5.26 Å². The third kappa shape index (κ3) is 5.84. The molecule has 0 spiro atoms. The second-order valence-electron chi connectivity index (χ2n) is 5.24. The monoisotopic (exact) mass is 334 g/mol. The first-order valence-electron chi connectivity index (χ1n) is 7.65. The third-order valence-electron chi connectivity index (χ3n) is 3.23. The summed E-state index contributed by atoms with van der Waals surface area (Å²) in [5.74, 6) is -0.637. The first-order chi connectivity index (χ1) is 12.1. The van der Waals surface area contributed by atoms with Crippen molar-refractivity contribution in [2.75, 3.05) is 10.6 Å². The number of amides is 2. The van der Waals surface area contributed by atoms with Crippen molar-refractivity contribution < 1.29 is 9.59 Å². The van der Waals surface area contributed by atoms with Gasteiger partial charge in [0.15, 0.2) is 0 Å². The van der Waals surface area contributed by atoms with Crippen LogP contribution in [0.2, 0.25) is 0 Å². The third-order valence-corrected chi connectivity index (χ3v) is 3.23. The van der Waals surface area contributed by atoms with Crippen molar-refractivity contribution in [2.24, 2.45) is 0 Å². The summed E-state index contributed by atoms with van der Waals surface area (Å²) in [6, 6.07) is 18.3. The highest BCUT2D eigenvalue weighted by molar-refractivity contribution is 5.97. The van der Waals surface area contributed by atoms with Crippen LogP contribution in [0.15, 0.2) is 66.4 Å². The number of nitriles is 1. The van der Waals surface area contributed by atoms with E-state index in [4.69, 9.17) is 5.26 Å². The average molecular weight is 334 g/mol. The summed E-state index contributed by atoms with van der Waals surface area (Å²) in [6.07, 6.45) is 1.34. The van der Waals surface area contributed by atoms with Gasteiger partial charge in [0.2, 0.25) is 5.91 Å². The summed E-state index contributed by atoms with van der Waals surface area (Å²) in [6.45, 7) is 1.77. The zero-order chi connectivity index (χ0) is 18.1. The van der Waals surface area contributed by atoms with Gasteiger partial charge in [-0.2, -0.15) is 5.26 Å². The SMILES string of the molecule is CC(=O)Nc1cccc(N/C=C(/C#N)C(=O)NCc2ccccc2)c1. The molecule has 0 bridgehead atoms. The Morgan fingerprint density at radius 3 is 2.48 bits per heavy atom. The normalized spacial score (nSPS) is 10.5. The van der Waals surface area contributed by atoms with Crippen molar-refractivity contribution in [3.8, 4) is 6.07 Å². The maximum absolute atomic E-state index is 12.1. The molecule has 6 heteroatoms. The largest absolute Gasteiger partial charge is 0.360 e. The van der Waals surface area contributed by atoms with Crippen molar-refractivity contribution >= 4 is 23.2 Å². The molecule has 0 aliphatic rings. The molecule has 2 amide bonds. The molecule has 3 N–H and O–H groups in total. The highest BCUT2D eigenvalue weighted by atomic mass is 16.2. The molecule has 0 saturated carbocycles. The van der Waals surface area contributed by atoms with Crippen LogP contribution in [0, 0.1) is 11.3 Å². The van der Waals surface area contributed by atoms with Gasteiger partial charge in [0.25, 0.3) is 5.91 Å². The standard InChI is InChI=1S/C19H18N4O2/c1-14(24)23-18-9-5-8-17(10-18)21-13-16(11-20)19(25)22-12-15-6-3-2-4-7-15/h2-10,13,21H,12H2,1H3,(H,22,25)(H,23,24)/b16-13-. The van der Waals surface area contributed by atoms with E-state index in [0.717, 1.165) is 5.56 Å². The molecule has 0 atom stereocenters. The number of rotatable bonds is 6. The molecule has 126 valence electrons. The molecule has 6 nitrogen and oxygen atoms in total. The highest BCUT2D eigenvalue weighted by Crippen LogP contribution is 2.15. The van der Waals surface area contributed by atoms with E-state index in [0.29, 0.717) is 17.9 Å². The lowest BCUT2D eigenvalue weighted by Gasteiger charge is -2.07. The van der Waals surface area contributed by atoms with E-state index < -0.39 is 5.91 Å². The number of hydrogen-bond donors (Lipinski definition) is 3. The number of nitrogens with one attached hydrogen (secondary N) is 3. The van der Waals surface area contributed by atoms with Crippen molar-refractivity contribution in [3.05, 3.63) is 71.9 Å². The van der Waals surface area contributed by atoms with Gasteiger partial charge >= 0.3 is 0 Å². The Bertz CT molecular complexity index is 823. The molecule has 0 aliphatic carbocycles. The van der Waals surface area contributed by atoms with Crippen LogP contribution in [0.5, 0.6) is 0 Å². The van der Waals surface area contributed by atoms with Crippen LogP contribution >= 0.6 is 0 Å². The van der Waals surface area contributed by atoms with E-state index in [1.165, 1.54) is 13.1 Å². The molecule has 0 fully saturated rings. The molecular formula is C19H18N4O2. The molecule has 0 radical (unpaired) electrons. The minimum Gasteiger partial charge on any atom is -0.360 e. The lowest BCUT2D eigenvalue weighted by molar-refractivity contribution is -0.117. The molecule has 0 unspecified atom stereocenters. The van der Waals surface area contributed by atoms with Gasteiger partial charge in [-0.15, -0.1) is 0 Å². The van der Waals surface area contributed by atoms with Crippen LogP contribution < -0.4 is 16.0 Å². The molecule has 2 aromatic carbocycles. The van der Waals surface area contributed by atoms with Crippen LogP contribution in [-0.4, -0.2) is 11.8 Å². The molecule has 0 aromatic heterocycles. The topological polar surface area (TPSA) is 94.0 Å². The van der Waals surface area contributed by atoms with Gasteiger partial charge in [-0.25, -0.2) is 0 Å². The van der Waals surface area contributed by atoms with Crippen LogP contribution in [0.4, 0.5) is 11.4 Å². The maximum atomic E-state index is 12.1. The molecule has 0 aliphatic heterocycles. The summed E-state index contributed by atoms with van der Waals surface area (Å²) in [7, 11) is 0. The first-order valence-corrected chi connectivity index (χ1v) is 7.65. The van der Waals surface area contributed by atoms with Gasteiger partial charge in [0.1, 0.15) is 11.6 Å². The summed E-state index contributed by atoms with van der Waals surface area (Å²) in [4.78, 5) is 23.2. The van der Waals surface area contributed by atoms with Gasteiger partial charge < -0.3 is 16.0 Å². The van der Waals surface area contributed by atoms with E-state index in [1.807, 2.05) is 36.4 Å². The van der Waals surface area contributed by atoms with Gasteiger partial charge in [0, 0.05) is 31.0 Å². The van der Waals surface area contributed by atoms with Crippen molar-refractivity contribution in [1.82, 2.24) is 5.32 Å². The fraction of sp³-hybridized carbons (Fsp3) is 0.105. The Labute approximate surface area is 146 Å². The van der Waals surface area contributed by atoms with Crippen molar-refractivity contribution in [3.63, 3.8) is 0 Å². The summed E-state index contributed by atoms with van der Waals surface area (Å²) < 4.78 is 0. The van der Waals surface area contributed by atoms with E-state index in [-0.39, 0.29) is 11.5 Å². The smallest absolute Gasteiger partial charge is 0.263 e. The molecule has 0 heterocycles. The second kappa shape index (κ2) is 8.89. The van der Waals surface area contributed by atoms with Crippen LogP contribution in [0.3, 0.4) is 0 Å². The Balaban J connectivity index is 1.98. The maximum Gasteiger partial charge on any atom is 0.263 e. The Morgan fingerprint density at radius 1 is 1.08 bits per heavy atom. The van der Waals surface area contributed by atoms with Gasteiger partial charge in [-0.1, -0.05) is 36.4 Å². The number of anilines is 2. The van der Waals surface area contributed by atoms with Crippen LogP contribution in [-0.2, 0) is 16.1 Å². The Morgan fingerprint density at radius 2 is 1.80 bits per heavy atom. The Hall–Kier alpha value is -3.59. The van der Waals surface area contributed by atoms with Crippen LogP contribution in [0.25, 0.3) is 0 Å². The zero-order valence-corrected chi connectivity index (χ0v) is 13.7. The van der Waals surface area contributed by atoms with Gasteiger partial charge in [-0.3, -0.25) is 9.59 Å². The van der Waals surface area contributed by atoms with Gasteiger partial charge in [0.05, 0.1) is 0 Å². The number of benzene rings is 2. The van der Waals surface area contributed by atoms with Gasteiger partial charge in [-0.05, 0) is 23.8 Å². The van der Waals surface area contributed by atoms with Crippen molar-refractivity contribution in [2.45, 2.75) is 13.5 Å². The Kier molecular flexibility index (Phi) is 6.32. The average Bonchev–Trinajstić information content (AvgIpc) is 2.61. The first kappa shape index (κ1) is 17.8. The predicted molar refractivity (Wildman–Crippen MR) is 96.4 cm³/mol. The fourth-order valence-electron chi connectivity index (χ4n) is 2.07. The summed E-state index contributed by atoms with van der Waals surface area (Å²) in [5, 5.41) is 17.4. The van der Waals surface area contributed by atoms with E-state index in [2.05, 4.69) is 16.0 Å².